The molecule has 0 aliphatic carbocycles. The van der Waals surface area contributed by atoms with Gasteiger partial charge in [0.05, 0.1) is 23.8 Å². The number of nitrogens with zero attached hydrogens (tertiary/aromatic N) is 1. The molecule has 0 spiro atoms. The number of ether oxygens (including phenoxy) is 1. The molecule has 1 aliphatic rings. The molecular weight excluding hydrogens is 226 g/mol. The van der Waals surface area contributed by atoms with Crippen molar-refractivity contribution in [3.63, 3.8) is 0 Å². The molecule has 0 bridgehead atoms. The van der Waals surface area contributed by atoms with Crippen molar-refractivity contribution in [3.05, 3.63) is 18.5 Å². The van der Waals surface area contributed by atoms with E-state index in [0.29, 0.717) is 12.0 Å². The van der Waals surface area contributed by atoms with E-state index >= 15 is 0 Å². The molecule has 0 radical (unpaired) electrons. The zero-order valence-corrected chi connectivity index (χ0v) is 11.3. The van der Waals surface area contributed by atoms with Crippen molar-refractivity contribution >= 4 is 11.4 Å². The molecule has 4 heteroatoms. The Morgan fingerprint density at radius 2 is 2.06 bits per heavy atom. The van der Waals surface area contributed by atoms with Crippen LogP contribution in [0.5, 0.6) is 0 Å². The molecule has 1 aliphatic heterocycles. The smallest absolute Gasteiger partial charge is 0.0549 e. The Hall–Kier alpha value is -1.29. The summed E-state index contributed by atoms with van der Waals surface area (Å²) in [6.07, 6.45) is 6.04. The van der Waals surface area contributed by atoms with Gasteiger partial charge in [0.1, 0.15) is 0 Å². The van der Waals surface area contributed by atoms with E-state index in [-0.39, 0.29) is 0 Å². The maximum Gasteiger partial charge on any atom is 0.0549 e. The minimum Gasteiger partial charge on any atom is -0.384 e. The molecule has 0 saturated carbocycles. The summed E-state index contributed by atoms with van der Waals surface area (Å²) in [4.78, 5) is 4.25. The lowest BCUT2D eigenvalue weighted by molar-refractivity contribution is 0.0622. The molecule has 2 heterocycles. The quantitative estimate of drug-likeness (QED) is 0.842. The lowest BCUT2D eigenvalue weighted by Crippen LogP contribution is -2.31. The molecule has 2 rings (SSSR count). The predicted octanol–water partition coefficient (Wildman–Crippen LogP) is 2.74. The third-order valence-corrected chi connectivity index (χ3v) is 3.49. The van der Waals surface area contributed by atoms with Gasteiger partial charge in [-0.3, -0.25) is 4.98 Å². The van der Waals surface area contributed by atoms with Crippen LogP contribution in [0.4, 0.5) is 11.4 Å². The van der Waals surface area contributed by atoms with Crippen LogP contribution in [-0.4, -0.2) is 30.8 Å². The monoisotopic (exact) mass is 249 g/mol. The fourth-order valence-electron chi connectivity index (χ4n) is 2.42. The molecule has 1 atom stereocenters. The number of rotatable bonds is 5. The lowest BCUT2D eigenvalue weighted by atomic mass is 9.93. The highest BCUT2D eigenvalue weighted by molar-refractivity contribution is 5.54. The largest absolute Gasteiger partial charge is 0.384 e. The maximum atomic E-state index is 5.40. The van der Waals surface area contributed by atoms with Crippen LogP contribution in [0.15, 0.2) is 18.5 Å². The first-order valence-electron chi connectivity index (χ1n) is 6.82. The van der Waals surface area contributed by atoms with E-state index in [1.165, 1.54) is 0 Å². The van der Waals surface area contributed by atoms with Crippen LogP contribution >= 0.6 is 0 Å². The van der Waals surface area contributed by atoms with Gasteiger partial charge >= 0.3 is 0 Å². The summed E-state index contributed by atoms with van der Waals surface area (Å²) >= 11 is 0. The summed E-state index contributed by atoms with van der Waals surface area (Å²) in [5.74, 6) is 0.696. The van der Waals surface area contributed by atoms with Crippen LogP contribution in [0.25, 0.3) is 0 Å². The molecule has 0 amide bonds. The Labute approximate surface area is 109 Å². The number of anilines is 2. The summed E-state index contributed by atoms with van der Waals surface area (Å²) in [6.45, 7) is 7.04. The van der Waals surface area contributed by atoms with Crippen molar-refractivity contribution in [1.29, 1.82) is 0 Å². The zero-order chi connectivity index (χ0) is 12.8. The minimum atomic E-state index is 0.465. The number of pyridine rings is 1. The predicted molar refractivity (Wildman–Crippen MR) is 75.0 cm³/mol. The molecule has 0 aromatic carbocycles. The molecule has 1 fully saturated rings. The Bertz CT molecular complexity index is 364. The van der Waals surface area contributed by atoms with Gasteiger partial charge < -0.3 is 15.4 Å². The molecule has 1 aromatic rings. The van der Waals surface area contributed by atoms with Crippen LogP contribution in [-0.2, 0) is 4.74 Å². The van der Waals surface area contributed by atoms with Crippen LogP contribution in [0, 0.1) is 5.92 Å². The van der Waals surface area contributed by atoms with Gasteiger partial charge in [-0.25, -0.2) is 0 Å². The number of hydrogen-bond donors (Lipinski definition) is 2. The Kier molecular flexibility index (Phi) is 4.81. The second-order valence-corrected chi connectivity index (χ2v) is 4.88. The van der Waals surface area contributed by atoms with Gasteiger partial charge in [0.15, 0.2) is 0 Å². The van der Waals surface area contributed by atoms with Crippen LogP contribution in [0.2, 0.25) is 0 Å². The maximum absolute atomic E-state index is 5.40. The zero-order valence-electron chi connectivity index (χ0n) is 11.3. The number of nitrogens with one attached hydrogen (secondary N) is 2. The molecule has 2 N–H and O–H groups in total. The molecule has 1 saturated heterocycles. The lowest BCUT2D eigenvalue weighted by Gasteiger charge is -2.29. The number of aromatic nitrogens is 1. The van der Waals surface area contributed by atoms with Gasteiger partial charge in [0.25, 0.3) is 0 Å². The highest BCUT2D eigenvalue weighted by atomic mass is 16.5. The van der Waals surface area contributed by atoms with Gasteiger partial charge in [-0.2, -0.15) is 0 Å². The average Bonchev–Trinajstić information content (AvgIpc) is 2.40. The number of hydrogen-bond acceptors (Lipinski definition) is 4. The third-order valence-electron chi connectivity index (χ3n) is 3.49. The Morgan fingerprint density at radius 1 is 1.33 bits per heavy atom. The van der Waals surface area contributed by atoms with E-state index < -0.39 is 0 Å². The van der Waals surface area contributed by atoms with E-state index in [4.69, 9.17) is 4.74 Å². The van der Waals surface area contributed by atoms with Gasteiger partial charge in [-0.1, -0.05) is 0 Å². The molecule has 1 aromatic heterocycles. The standard InChI is InChI=1S/C14H23N3O/c1-3-16-13-8-14(10-15-9-13)17-11(2)12-4-6-18-7-5-12/h8-12,16-17H,3-7H2,1-2H3. The second-order valence-electron chi connectivity index (χ2n) is 4.88. The first-order valence-corrected chi connectivity index (χ1v) is 6.82. The van der Waals surface area contributed by atoms with E-state index in [2.05, 4.69) is 35.5 Å². The SMILES string of the molecule is CCNc1cncc(NC(C)C2CCOCC2)c1. The third kappa shape index (κ3) is 3.60. The normalized spacial score (nSPS) is 18.3. The first kappa shape index (κ1) is 13.1. The molecule has 100 valence electrons. The minimum absolute atomic E-state index is 0.465. The van der Waals surface area contributed by atoms with E-state index in [1.807, 2.05) is 12.4 Å². The topological polar surface area (TPSA) is 46.2 Å². The van der Waals surface area contributed by atoms with Gasteiger partial charge in [-0.05, 0) is 38.7 Å². The van der Waals surface area contributed by atoms with Crippen LogP contribution in [0.3, 0.4) is 0 Å². The highest BCUT2D eigenvalue weighted by Gasteiger charge is 2.20. The fourth-order valence-corrected chi connectivity index (χ4v) is 2.42. The van der Waals surface area contributed by atoms with Crippen LogP contribution in [0.1, 0.15) is 26.7 Å². The van der Waals surface area contributed by atoms with Crippen molar-refractivity contribution in [3.8, 4) is 0 Å². The van der Waals surface area contributed by atoms with E-state index in [0.717, 1.165) is 44.0 Å². The average molecular weight is 249 g/mol. The molecular formula is C14H23N3O. The fraction of sp³-hybridized carbons (Fsp3) is 0.643. The Balaban J connectivity index is 1.93. The summed E-state index contributed by atoms with van der Waals surface area (Å²) in [5, 5.41) is 6.83. The summed E-state index contributed by atoms with van der Waals surface area (Å²) in [5.41, 5.74) is 2.16. The van der Waals surface area contributed by atoms with Gasteiger partial charge in [0.2, 0.25) is 0 Å². The summed E-state index contributed by atoms with van der Waals surface area (Å²) in [6, 6.07) is 2.58. The van der Waals surface area contributed by atoms with Crippen molar-refractivity contribution in [2.45, 2.75) is 32.7 Å². The van der Waals surface area contributed by atoms with Crippen molar-refractivity contribution in [1.82, 2.24) is 4.98 Å². The summed E-state index contributed by atoms with van der Waals surface area (Å²) < 4.78 is 5.40. The highest BCUT2D eigenvalue weighted by Crippen LogP contribution is 2.22. The Morgan fingerprint density at radius 3 is 2.78 bits per heavy atom. The second kappa shape index (κ2) is 6.59. The first-order chi connectivity index (χ1) is 8.79. The van der Waals surface area contributed by atoms with Crippen molar-refractivity contribution < 1.29 is 4.74 Å². The van der Waals surface area contributed by atoms with E-state index in [1.54, 1.807) is 0 Å². The summed E-state index contributed by atoms with van der Waals surface area (Å²) in [7, 11) is 0. The molecule has 18 heavy (non-hydrogen) atoms. The molecule has 4 nitrogen and oxygen atoms in total. The van der Waals surface area contributed by atoms with Gasteiger partial charge in [0, 0.05) is 25.8 Å². The molecule has 1 unspecified atom stereocenters. The van der Waals surface area contributed by atoms with Gasteiger partial charge in [-0.15, -0.1) is 0 Å². The van der Waals surface area contributed by atoms with Crippen molar-refractivity contribution in [2.24, 2.45) is 5.92 Å². The van der Waals surface area contributed by atoms with E-state index in [9.17, 15) is 0 Å². The van der Waals surface area contributed by atoms with Crippen LogP contribution < -0.4 is 10.6 Å². The van der Waals surface area contributed by atoms with Crippen molar-refractivity contribution in [2.75, 3.05) is 30.4 Å².